The van der Waals surface area contributed by atoms with Gasteiger partial charge in [-0.05, 0) is 6.42 Å². The molecule has 2 atom stereocenters. The summed E-state index contributed by atoms with van der Waals surface area (Å²) in [6, 6.07) is -0.191. The molecule has 0 radical (unpaired) electrons. The zero-order valence-electron chi connectivity index (χ0n) is 7.40. The SMILES string of the molecule is CCC[C@H](N)COP([O-])(O)=S.[Na+]. The maximum absolute atomic E-state index is 10.4. The van der Waals surface area contributed by atoms with Gasteiger partial charge in [0.15, 0.2) is 0 Å². The van der Waals surface area contributed by atoms with Crippen LogP contribution in [0.15, 0.2) is 0 Å². The molecule has 0 aromatic carbocycles. The van der Waals surface area contributed by atoms with Gasteiger partial charge in [-0.15, -0.1) is 0 Å². The predicted molar refractivity (Wildman–Crippen MR) is 45.3 cm³/mol. The smallest absolute Gasteiger partial charge is 0.780 e. The first-order valence-corrected chi connectivity index (χ1v) is 5.98. The molecule has 0 aliphatic rings. The largest absolute Gasteiger partial charge is 1.00 e. The summed E-state index contributed by atoms with van der Waals surface area (Å²) in [4.78, 5) is 18.9. The summed E-state index contributed by atoms with van der Waals surface area (Å²) in [5.74, 6) is 0. The third kappa shape index (κ3) is 11.5. The molecule has 0 aromatic heterocycles. The summed E-state index contributed by atoms with van der Waals surface area (Å²) >= 11 is 4.12. The van der Waals surface area contributed by atoms with Gasteiger partial charge < -0.3 is 20.0 Å². The summed E-state index contributed by atoms with van der Waals surface area (Å²) in [7, 11) is 0. The van der Waals surface area contributed by atoms with Crippen LogP contribution in [-0.2, 0) is 16.3 Å². The molecule has 0 aliphatic heterocycles. The Morgan fingerprint density at radius 1 is 1.75 bits per heavy atom. The number of hydrogen-bond acceptors (Lipinski definition) is 4. The van der Waals surface area contributed by atoms with Gasteiger partial charge in [-0.25, -0.2) is 0 Å². The molecule has 0 aliphatic carbocycles. The van der Waals surface area contributed by atoms with E-state index in [9.17, 15) is 4.89 Å². The van der Waals surface area contributed by atoms with Crippen LogP contribution in [0.3, 0.4) is 0 Å². The van der Waals surface area contributed by atoms with Gasteiger partial charge in [0.1, 0.15) is 6.72 Å². The first-order chi connectivity index (χ1) is 4.95. The molecule has 0 fully saturated rings. The van der Waals surface area contributed by atoms with Crippen molar-refractivity contribution in [3.05, 3.63) is 0 Å². The van der Waals surface area contributed by atoms with Crippen molar-refractivity contribution in [3.8, 4) is 0 Å². The molecule has 4 nitrogen and oxygen atoms in total. The van der Waals surface area contributed by atoms with E-state index in [1.807, 2.05) is 6.92 Å². The van der Waals surface area contributed by atoms with Gasteiger partial charge in [0, 0.05) is 6.04 Å². The second-order valence-corrected chi connectivity index (χ2v) is 4.89. The van der Waals surface area contributed by atoms with E-state index in [1.54, 1.807) is 0 Å². The fraction of sp³-hybridized carbons (Fsp3) is 1.00. The van der Waals surface area contributed by atoms with Gasteiger partial charge in [-0.2, -0.15) is 0 Å². The zero-order valence-corrected chi connectivity index (χ0v) is 11.1. The minimum Gasteiger partial charge on any atom is -0.780 e. The molecule has 0 saturated heterocycles. The van der Waals surface area contributed by atoms with Crippen molar-refractivity contribution in [2.75, 3.05) is 6.61 Å². The molecular formula is C5H13NNaO3PS. The van der Waals surface area contributed by atoms with Crippen molar-refractivity contribution in [2.45, 2.75) is 25.8 Å². The molecule has 0 heterocycles. The quantitative estimate of drug-likeness (QED) is 0.376. The van der Waals surface area contributed by atoms with Gasteiger partial charge in [0.2, 0.25) is 0 Å². The molecule has 7 heteroatoms. The van der Waals surface area contributed by atoms with E-state index in [2.05, 4.69) is 16.3 Å². The fourth-order valence-electron chi connectivity index (χ4n) is 0.644. The van der Waals surface area contributed by atoms with Crippen LogP contribution in [0.25, 0.3) is 0 Å². The molecular weight excluding hydrogens is 208 g/mol. The number of rotatable bonds is 5. The molecule has 3 N–H and O–H groups in total. The molecule has 0 rings (SSSR count). The topological polar surface area (TPSA) is 78.5 Å². The Bertz CT molecular complexity index is 154. The van der Waals surface area contributed by atoms with E-state index >= 15 is 0 Å². The maximum atomic E-state index is 10.4. The minimum absolute atomic E-state index is 0. The Morgan fingerprint density at radius 2 is 2.25 bits per heavy atom. The van der Waals surface area contributed by atoms with Gasteiger partial charge in [0.25, 0.3) is 0 Å². The minimum atomic E-state index is -3.74. The predicted octanol–water partition coefficient (Wildman–Crippen LogP) is -3.29. The molecule has 1 unspecified atom stereocenters. The Balaban J connectivity index is 0. The van der Waals surface area contributed by atoms with Gasteiger partial charge >= 0.3 is 29.6 Å². The molecule has 0 aromatic rings. The van der Waals surface area contributed by atoms with Crippen molar-refractivity contribution in [1.29, 1.82) is 0 Å². The molecule has 0 amide bonds. The van der Waals surface area contributed by atoms with Crippen molar-refractivity contribution < 1.29 is 43.9 Å². The van der Waals surface area contributed by atoms with Crippen LogP contribution >= 0.6 is 6.72 Å². The standard InChI is InChI=1S/C5H14NO3PS.Na/c1-2-3-5(6)4-9-10(7,8)11;/h5H,2-4,6H2,1H3,(H2,7,8,11);/q;+1/p-1/t5-;/m0./s1. The first kappa shape index (κ1) is 15.9. The summed E-state index contributed by atoms with van der Waals surface area (Å²) in [5.41, 5.74) is 5.49. The monoisotopic (exact) mass is 221 g/mol. The molecule has 0 bridgehead atoms. The third-order valence-electron chi connectivity index (χ3n) is 1.11. The summed E-state index contributed by atoms with van der Waals surface area (Å²) < 4.78 is 4.44. The summed E-state index contributed by atoms with van der Waals surface area (Å²) in [5, 5.41) is 0. The van der Waals surface area contributed by atoms with Crippen molar-refractivity contribution in [2.24, 2.45) is 5.73 Å². The fourth-order valence-corrected chi connectivity index (χ4v) is 1.21. The van der Waals surface area contributed by atoms with E-state index < -0.39 is 6.72 Å². The maximum Gasteiger partial charge on any atom is 1.00 e. The van der Waals surface area contributed by atoms with Crippen molar-refractivity contribution in [3.63, 3.8) is 0 Å². The van der Waals surface area contributed by atoms with Crippen LogP contribution in [0.4, 0.5) is 0 Å². The van der Waals surface area contributed by atoms with Crippen LogP contribution in [0.5, 0.6) is 0 Å². The van der Waals surface area contributed by atoms with E-state index in [-0.39, 0.29) is 42.2 Å². The van der Waals surface area contributed by atoms with E-state index in [1.165, 1.54) is 0 Å². The van der Waals surface area contributed by atoms with Crippen LogP contribution in [0.1, 0.15) is 19.8 Å². The van der Waals surface area contributed by atoms with Crippen LogP contribution in [0.2, 0.25) is 0 Å². The first-order valence-electron chi connectivity index (χ1n) is 3.39. The Morgan fingerprint density at radius 3 is 2.58 bits per heavy atom. The second kappa shape index (κ2) is 7.85. The van der Waals surface area contributed by atoms with Crippen LogP contribution < -0.4 is 40.2 Å². The molecule has 68 valence electrons. The summed E-state index contributed by atoms with van der Waals surface area (Å²) in [6.45, 7) is -1.70. The van der Waals surface area contributed by atoms with Crippen molar-refractivity contribution in [1.82, 2.24) is 0 Å². The molecule has 0 saturated carbocycles. The van der Waals surface area contributed by atoms with E-state index in [4.69, 9.17) is 10.6 Å². The van der Waals surface area contributed by atoms with E-state index in [0.29, 0.717) is 0 Å². The normalized spacial score (nSPS) is 17.7. The van der Waals surface area contributed by atoms with Gasteiger partial charge in [-0.3, -0.25) is 0 Å². The third-order valence-corrected chi connectivity index (χ3v) is 1.90. The van der Waals surface area contributed by atoms with Crippen LogP contribution in [-0.4, -0.2) is 17.5 Å². The molecule has 0 spiro atoms. The average molecular weight is 221 g/mol. The Hall–Kier alpha value is 1.49. The van der Waals surface area contributed by atoms with Gasteiger partial charge in [-0.1, -0.05) is 25.2 Å². The van der Waals surface area contributed by atoms with E-state index in [0.717, 1.165) is 12.8 Å². The Kier molecular flexibility index (Phi) is 10.4. The van der Waals surface area contributed by atoms with Crippen molar-refractivity contribution >= 4 is 18.5 Å². The zero-order chi connectivity index (χ0) is 8.91. The molecule has 12 heavy (non-hydrogen) atoms. The average Bonchev–Trinajstić information content (AvgIpc) is 1.83. The number of nitrogens with two attached hydrogens (primary N) is 1. The Labute approximate surface area is 100 Å². The number of hydrogen-bond donors (Lipinski definition) is 2. The van der Waals surface area contributed by atoms with Crippen LogP contribution in [0, 0.1) is 0 Å². The second-order valence-electron chi connectivity index (χ2n) is 2.31. The van der Waals surface area contributed by atoms with Gasteiger partial charge in [0.05, 0.1) is 6.61 Å². The summed E-state index contributed by atoms with van der Waals surface area (Å²) in [6.07, 6.45) is 1.70.